The van der Waals surface area contributed by atoms with Crippen LogP contribution >= 0.6 is 7.26 Å². The van der Waals surface area contributed by atoms with Gasteiger partial charge in [0, 0.05) is 7.26 Å². The van der Waals surface area contributed by atoms with Gasteiger partial charge in [-0.25, -0.2) is 0 Å². The SMILES string of the molecule is CCCC[P+](CCCC)(CCCC)CC(C)C. The van der Waals surface area contributed by atoms with Gasteiger partial charge in [0.15, 0.2) is 0 Å². The number of rotatable bonds is 11. The van der Waals surface area contributed by atoms with Crippen LogP contribution in [0.15, 0.2) is 0 Å². The zero-order valence-electron chi connectivity index (χ0n) is 13.1. The van der Waals surface area contributed by atoms with Crippen LogP contribution in [0.2, 0.25) is 0 Å². The largest absolute Gasteiger partial charge is 0.0652 e. The minimum atomic E-state index is -0.602. The molecular weight excluding hydrogens is 223 g/mol. The van der Waals surface area contributed by atoms with Gasteiger partial charge in [-0.3, -0.25) is 0 Å². The molecule has 0 bridgehead atoms. The van der Waals surface area contributed by atoms with Crippen molar-refractivity contribution in [2.45, 2.75) is 73.1 Å². The maximum Gasteiger partial charge on any atom is 0.0617 e. The fourth-order valence-electron chi connectivity index (χ4n) is 2.86. The third-order valence-electron chi connectivity index (χ3n) is 3.71. The van der Waals surface area contributed by atoms with E-state index in [0.29, 0.717) is 0 Å². The van der Waals surface area contributed by atoms with Gasteiger partial charge in [0.05, 0.1) is 24.6 Å². The fourth-order valence-corrected chi connectivity index (χ4v) is 8.59. The maximum absolute atomic E-state index is 2.43. The summed E-state index contributed by atoms with van der Waals surface area (Å²) in [5, 5.41) is 0. The van der Waals surface area contributed by atoms with E-state index >= 15 is 0 Å². The van der Waals surface area contributed by atoms with E-state index in [4.69, 9.17) is 0 Å². The predicted octanol–water partition coefficient (Wildman–Crippen LogP) is 6.06. The lowest BCUT2D eigenvalue weighted by Crippen LogP contribution is -2.15. The molecule has 0 aliphatic carbocycles. The molecule has 0 saturated carbocycles. The van der Waals surface area contributed by atoms with Crippen molar-refractivity contribution in [3.05, 3.63) is 0 Å². The average Bonchev–Trinajstić information content (AvgIpc) is 2.30. The molecule has 104 valence electrons. The summed E-state index contributed by atoms with van der Waals surface area (Å²) in [6.45, 7) is 11.9. The van der Waals surface area contributed by atoms with Crippen LogP contribution in [0.1, 0.15) is 73.1 Å². The highest BCUT2D eigenvalue weighted by atomic mass is 31.2. The van der Waals surface area contributed by atoms with Crippen LogP contribution in [0.5, 0.6) is 0 Å². The second-order valence-corrected chi connectivity index (χ2v) is 10.5. The first-order chi connectivity index (χ1) is 8.10. The molecule has 0 unspecified atom stereocenters. The lowest BCUT2D eigenvalue weighted by molar-refractivity contribution is 0.725. The lowest BCUT2D eigenvalue weighted by atomic mass is 10.3. The summed E-state index contributed by atoms with van der Waals surface area (Å²) in [6, 6.07) is 0. The molecule has 17 heavy (non-hydrogen) atoms. The van der Waals surface area contributed by atoms with E-state index in [-0.39, 0.29) is 0 Å². The first-order valence-corrected chi connectivity index (χ1v) is 10.5. The summed E-state index contributed by atoms with van der Waals surface area (Å²) < 4.78 is 0. The Bertz CT molecular complexity index is 141. The third-order valence-corrected chi connectivity index (χ3v) is 9.01. The number of unbranched alkanes of at least 4 members (excludes halogenated alkanes) is 3. The van der Waals surface area contributed by atoms with E-state index in [0.717, 1.165) is 5.92 Å². The van der Waals surface area contributed by atoms with Crippen molar-refractivity contribution in [1.82, 2.24) is 0 Å². The Hall–Kier alpha value is 0.430. The molecule has 0 aliphatic rings. The third kappa shape index (κ3) is 8.20. The Morgan fingerprint density at radius 1 is 0.706 bits per heavy atom. The summed E-state index contributed by atoms with van der Waals surface area (Å²) in [5.41, 5.74) is 0. The van der Waals surface area contributed by atoms with E-state index in [1.54, 1.807) is 24.6 Å². The van der Waals surface area contributed by atoms with Crippen molar-refractivity contribution in [1.29, 1.82) is 0 Å². The smallest absolute Gasteiger partial charge is 0.0617 e. The summed E-state index contributed by atoms with van der Waals surface area (Å²) in [4.78, 5) is 0. The molecule has 0 aromatic carbocycles. The van der Waals surface area contributed by atoms with Gasteiger partial charge in [-0.1, -0.05) is 53.9 Å². The zero-order valence-corrected chi connectivity index (χ0v) is 14.0. The van der Waals surface area contributed by atoms with Crippen LogP contribution < -0.4 is 0 Å². The van der Waals surface area contributed by atoms with Gasteiger partial charge < -0.3 is 0 Å². The molecule has 0 amide bonds. The second kappa shape index (κ2) is 10.4. The standard InChI is InChI=1S/C16H36P/c1-6-9-12-17(13-10-7-2,14-11-8-3)15-16(4)5/h16H,6-15H2,1-5H3/q+1. The predicted molar refractivity (Wildman–Crippen MR) is 86.0 cm³/mol. The zero-order chi connectivity index (χ0) is 13.1. The Morgan fingerprint density at radius 2 is 1.06 bits per heavy atom. The van der Waals surface area contributed by atoms with Gasteiger partial charge in [0.2, 0.25) is 0 Å². The van der Waals surface area contributed by atoms with Gasteiger partial charge in [-0.05, 0) is 25.2 Å². The normalized spacial score (nSPS) is 12.4. The summed E-state index contributed by atoms with van der Waals surface area (Å²) in [7, 11) is -0.602. The summed E-state index contributed by atoms with van der Waals surface area (Å²) in [5.74, 6) is 0.911. The van der Waals surface area contributed by atoms with Crippen LogP contribution in [-0.2, 0) is 0 Å². The molecule has 1 heteroatoms. The molecule has 0 nitrogen and oxygen atoms in total. The molecule has 0 aromatic rings. The van der Waals surface area contributed by atoms with Crippen molar-refractivity contribution in [3.8, 4) is 0 Å². The second-order valence-electron chi connectivity index (χ2n) is 6.15. The summed E-state index contributed by atoms with van der Waals surface area (Å²) in [6.07, 6.45) is 14.9. The Kier molecular flexibility index (Phi) is 10.6. The quantitative estimate of drug-likeness (QED) is 0.396. The minimum absolute atomic E-state index is 0.602. The molecule has 0 N–H and O–H groups in total. The van der Waals surface area contributed by atoms with Crippen molar-refractivity contribution in [3.63, 3.8) is 0 Å². The Labute approximate surface area is 111 Å². The van der Waals surface area contributed by atoms with Crippen molar-refractivity contribution in [2.75, 3.05) is 24.6 Å². The molecule has 0 aliphatic heterocycles. The molecule has 0 spiro atoms. The molecule has 0 fully saturated rings. The Balaban J connectivity index is 4.51. The van der Waals surface area contributed by atoms with Crippen molar-refractivity contribution >= 4 is 7.26 Å². The highest BCUT2D eigenvalue weighted by Crippen LogP contribution is 2.61. The van der Waals surface area contributed by atoms with E-state index in [1.807, 2.05) is 0 Å². The van der Waals surface area contributed by atoms with Crippen LogP contribution in [0.3, 0.4) is 0 Å². The highest BCUT2D eigenvalue weighted by Gasteiger charge is 2.35. The fraction of sp³-hybridized carbons (Fsp3) is 1.00. The van der Waals surface area contributed by atoms with Crippen LogP contribution in [0.4, 0.5) is 0 Å². The van der Waals surface area contributed by atoms with Gasteiger partial charge in [-0.15, -0.1) is 0 Å². The van der Waals surface area contributed by atoms with Crippen LogP contribution in [0.25, 0.3) is 0 Å². The molecule has 0 atom stereocenters. The maximum atomic E-state index is 2.43. The van der Waals surface area contributed by atoms with Gasteiger partial charge in [0.25, 0.3) is 0 Å². The number of hydrogen-bond acceptors (Lipinski definition) is 0. The lowest BCUT2D eigenvalue weighted by Gasteiger charge is -2.29. The van der Waals surface area contributed by atoms with Crippen LogP contribution in [0, 0.1) is 5.92 Å². The summed E-state index contributed by atoms with van der Waals surface area (Å²) >= 11 is 0. The van der Waals surface area contributed by atoms with Gasteiger partial charge in [-0.2, -0.15) is 0 Å². The minimum Gasteiger partial charge on any atom is -0.0652 e. The van der Waals surface area contributed by atoms with E-state index in [2.05, 4.69) is 34.6 Å². The van der Waals surface area contributed by atoms with Gasteiger partial charge in [0.1, 0.15) is 0 Å². The van der Waals surface area contributed by atoms with Crippen molar-refractivity contribution < 1.29 is 0 Å². The average molecular weight is 259 g/mol. The van der Waals surface area contributed by atoms with Crippen LogP contribution in [-0.4, -0.2) is 24.6 Å². The van der Waals surface area contributed by atoms with Gasteiger partial charge >= 0.3 is 0 Å². The number of hydrogen-bond donors (Lipinski definition) is 0. The van der Waals surface area contributed by atoms with E-state index in [9.17, 15) is 0 Å². The molecule has 0 radical (unpaired) electrons. The van der Waals surface area contributed by atoms with E-state index in [1.165, 1.54) is 38.5 Å². The molecule has 0 aromatic heterocycles. The molecular formula is C16H36P+. The molecule has 0 saturated heterocycles. The highest BCUT2D eigenvalue weighted by molar-refractivity contribution is 7.75. The molecule has 0 rings (SSSR count). The van der Waals surface area contributed by atoms with E-state index < -0.39 is 7.26 Å². The Morgan fingerprint density at radius 3 is 1.29 bits per heavy atom. The topological polar surface area (TPSA) is 0 Å². The first-order valence-electron chi connectivity index (χ1n) is 7.95. The van der Waals surface area contributed by atoms with Crippen molar-refractivity contribution in [2.24, 2.45) is 5.92 Å². The first kappa shape index (κ1) is 17.4. The molecule has 0 heterocycles. The monoisotopic (exact) mass is 259 g/mol.